The smallest absolute Gasteiger partial charge is 0.262 e. The Balaban J connectivity index is 1.35. The predicted molar refractivity (Wildman–Crippen MR) is 84.0 cm³/mol. The van der Waals surface area contributed by atoms with Crippen LogP contribution in [-0.2, 0) is 14.3 Å². The first kappa shape index (κ1) is 12.8. The number of fused-ring (bicyclic) bond motifs is 2. The molecule has 3 nitrogen and oxygen atoms in total. The average Bonchev–Trinajstić information content (AvgIpc) is 2.98. The molecule has 1 heterocycles. The monoisotopic (exact) mass is 334 g/mol. The van der Waals surface area contributed by atoms with Crippen LogP contribution in [0.5, 0.6) is 0 Å². The van der Waals surface area contributed by atoms with Crippen LogP contribution >= 0.6 is 11.8 Å². The molecular weight excluding hydrogens is 316 g/mol. The maximum atomic E-state index is 12.7. The summed E-state index contributed by atoms with van der Waals surface area (Å²) >= 11 is 2.16. The van der Waals surface area contributed by atoms with Crippen LogP contribution < -0.4 is 0 Å². The molecule has 0 aromatic heterocycles. The Morgan fingerprint density at radius 2 is 1.77 bits per heavy atom. The normalized spacial score (nSPS) is 52.5. The van der Waals surface area contributed by atoms with Gasteiger partial charge in [0.15, 0.2) is 0 Å². The molecule has 0 unspecified atom stereocenters. The molecule has 4 saturated carbocycles. The minimum Gasteiger partial charge on any atom is -0.262 e. The molecule has 1 aliphatic heterocycles. The lowest BCUT2D eigenvalue weighted by atomic mass is 9.64. The zero-order valence-corrected chi connectivity index (χ0v) is 13.9. The van der Waals surface area contributed by atoms with Crippen molar-refractivity contribution >= 4 is 21.9 Å². The molecule has 0 amide bonds. The van der Waals surface area contributed by atoms with Crippen LogP contribution in [0.4, 0.5) is 0 Å². The van der Waals surface area contributed by atoms with E-state index in [-0.39, 0.29) is 6.10 Å². The van der Waals surface area contributed by atoms with Crippen LogP contribution in [0.3, 0.4) is 0 Å². The minimum atomic E-state index is -3.62. The highest BCUT2D eigenvalue weighted by Crippen LogP contribution is 2.82. The van der Waals surface area contributed by atoms with Crippen molar-refractivity contribution in [1.29, 1.82) is 0 Å². The van der Waals surface area contributed by atoms with Gasteiger partial charge in [-0.1, -0.05) is 17.7 Å². The van der Waals surface area contributed by atoms with Gasteiger partial charge in [0.25, 0.3) is 10.1 Å². The summed E-state index contributed by atoms with van der Waals surface area (Å²) in [5, 5.41) is 1.38. The van der Waals surface area contributed by atoms with Crippen molar-refractivity contribution in [3.8, 4) is 0 Å². The molecule has 0 N–H and O–H groups in total. The van der Waals surface area contributed by atoms with Crippen molar-refractivity contribution in [3.05, 3.63) is 29.8 Å². The number of hydrogen-bond donors (Lipinski definition) is 0. The summed E-state index contributed by atoms with van der Waals surface area (Å²) in [6, 6.07) is 7.02. The molecule has 1 aromatic carbocycles. The highest BCUT2D eigenvalue weighted by molar-refractivity contribution is 8.01. The molecule has 1 saturated heterocycles. The number of hydrogen-bond acceptors (Lipinski definition) is 4. The summed E-state index contributed by atoms with van der Waals surface area (Å²) in [4.78, 5) is 0.309. The third-order valence-electron chi connectivity index (χ3n) is 7.10. The van der Waals surface area contributed by atoms with Crippen LogP contribution in [0.2, 0.25) is 0 Å². The Labute approximate surface area is 134 Å². The van der Waals surface area contributed by atoms with Gasteiger partial charge in [-0.05, 0) is 49.1 Å². The second-order valence-corrected chi connectivity index (χ2v) is 10.7. The molecule has 22 heavy (non-hydrogen) atoms. The number of aryl methyl sites for hydroxylation is 1. The Kier molecular flexibility index (Phi) is 2.19. The van der Waals surface area contributed by atoms with E-state index in [0.717, 1.165) is 29.2 Å². The molecule has 2 bridgehead atoms. The fourth-order valence-electron chi connectivity index (χ4n) is 6.51. The first-order valence-corrected chi connectivity index (χ1v) is 10.6. The first-order valence-electron chi connectivity index (χ1n) is 8.22. The van der Waals surface area contributed by atoms with Crippen molar-refractivity contribution in [1.82, 2.24) is 0 Å². The van der Waals surface area contributed by atoms with E-state index in [1.54, 1.807) is 12.1 Å². The quantitative estimate of drug-likeness (QED) is 0.797. The second-order valence-electron chi connectivity index (χ2n) is 7.77. The van der Waals surface area contributed by atoms with Crippen LogP contribution in [0.25, 0.3) is 0 Å². The maximum Gasteiger partial charge on any atom is 0.297 e. The van der Waals surface area contributed by atoms with Gasteiger partial charge >= 0.3 is 0 Å². The Morgan fingerprint density at radius 1 is 1.00 bits per heavy atom. The highest BCUT2D eigenvalue weighted by atomic mass is 32.2. The molecule has 116 valence electrons. The van der Waals surface area contributed by atoms with Crippen LogP contribution in [0.1, 0.15) is 12.0 Å². The maximum absolute atomic E-state index is 12.7. The fourth-order valence-corrected chi connectivity index (χ4v) is 10.1. The van der Waals surface area contributed by atoms with Gasteiger partial charge in [0, 0.05) is 22.3 Å². The van der Waals surface area contributed by atoms with E-state index >= 15 is 0 Å². The van der Waals surface area contributed by atoms with Crippen molar-refractivity contribution in [2.75, 3.05) is 0 Å². The van der Waals surface area contributed by atoms with Gasteiger partial charge in [0.05, 0.1) is 11.0 Å². The third kappa shape index (κ3) is 1.27. The van der Waals surface area contributed by atoms with Gasteiger partial charge in [-0.25, -0.2) is 0 Å². The van der Waals surface area contributed by atoms with E-state index in [1.807, 2.05) is 19.1 Å². The lowest BCUT2D eigenvalue weighted by Gasteiger charge is -2.46. The van der Waals surface area contributed by atoms with Crippen molar-refractivity contribution < 1.29 is 12.6 Å². The summed E-state index contributed by atoms with van der Waals surface area (Å²) in [6.45, 7) is 1.96. The fraction of sp³-hybridized carbons (Fsp3) is 0.647. The lowest BCUT2D eigenvalue weighted by Crippen LogP contribution is -2.49. The van der Waals surface area contributed by atoms with Gasteiger partial charge in [0.1, 0.15) is 0 Å². The standard InChI is InChI=1S/C17H18O3S2/c1-7-2-4-8(5-3-7)22(18,19)20-15-13-9-6-10-12-11(9)14(15)17(12)21-16(10)13/h2-5,9-17H,6H2,1H3/t9-,10+,11-,12-,13-,14-,15+,16-,17+/m0/s1. The largest absolute Gasteiger partial charge is 0.297 e. The van der Waals surface area contributed by atoms with Crippen LogP contribution in [0, 0.1) is 42.4 Å². The zero-order valence-electron chi connectivity index (χ0n) is 12.3. The van der Waals surface area contributed by atoms with Crippen molar-refractivity contribution in [3.63, 3.8) is 0 Å². The molecule has 4 aliphatic carbocycles. The topological polar surface area (TPSA) is 43.4 Å². The molecule has 5 fully saturated rings. The summed E-state index contributed by atoms with van der Waals surface area (Å²) < 4.78 is 31.2. The van der Waals surface area contributed by atoms with Gasteiger partial charge < -0.3 is 0 Å². The third-order valence-corrected chi connectivity index (χ3v) is 10.3. The van der Waals surface area contributed by atoms with Crippen LogP contribution in [-0.4, -0.2) is 25.0 Å². The second kappa shape index (κ2) is 3.76. The van der Waals surface area contributed by atoms with Crippen molar-refractivity contribution in [2.24, 2.45) is 35.5 Å². The summed E-state index contributed by atoms with van der Waals surface area (Å²) in [6.07, 6.45) is 1.30. The molecule has 0 radical (unpaired) electrons. The van der Waals surface area contributed by atoms with E-state index in [4.69, 9.17) is 4.18 Å². The summed E-state index contributed by atoms with van der Waals surface area (Å²) in [7, 11) is -3.62. The first-order chi connectivity index (χ1) is 10.6. The van der Waals surface area contributed by atoms with Gasteiger partial charge in [0.2, 0.25) is 0 Å². The van der Waals surface area contributed by atoms with Crippen molar-refractivity contribution in [2.45, 2.75) is 34.8 Å². The van der Waals surface area contributed by atoms with E-state index in [1.165, 1.54) is 6.42 Å². The number of rotatable bonds is 3. The van der Waals surface area contributed by atoms with Gasteiger partial charge in [-0.3, -0.25) is 4.18 Å². The zero-order chi connectivity index (χ0) is 14.8. The molecule has 1 aromatic rings. The molecule has 6 rings (SSSR count). The number of thioether (sulfide) groups is 1. The lowest BCUT2D eigenvalue weighted by molar-refractivity contribution is 0.0487. The minimum absolute atomic E-state index is 0.0405. The molecular formula is C17H18O3S2. The molecule has 9 atom stereocenters. The SMILES string of the molecule is Cc1ccc(S(=O)(=O)O[C@@H]2[C@@H]3[C@H]4C[C@H]5[C@@H]3S[C@@H]3[C@@H]5[C@H]4[C@@H]23)cc1. The molecule has 0 spiro atoms. The van der Waals surface area contributed by atoms with E-state index in [2.05, 4.69) is 11.8 Å². The van der Waals surface area contributed by atoms with E-state index in [0.29, 0.717) is 27.2 Å². The summed E-state index contributed by atoms with van der Waals surface area (Å²) in [5.41, 5.74) is 1.07. The Bertz CT molecular complexity index is 766. The highest BCUT2D eigenvalue weighted by Gasteiger charge is 2.82. The Morgan fingerprint density at radius 3 is 2.55 bits per heavy atom. The predicted octanol–water partition coefficient (Wildman–Crippen LogP) is 2.69. The molecule has 5 heteroatoms. The van der Waals surface area contributed by atoms with E-state index < -0.39 is 10.1 Å². The number of benzene rings is 1. The van der Waals surface area contributed by atoms with Gasteiger partial charge in [-0.2, -0.15) is 20.2 Å². The molecule has 5 aliphatic rings. The Hall–Kier alpha value is -0.520. The van der Waals surface area contributed by atoms with Gasteiger partial charge in [-0.15, -0.1) is 0 Å². The summed E-state index contributed by atoms with van der Waals surface area (Å²) in [5.74, 6) is 4.33. The van der Waals surface area contributed by atoms with Crippen LogP contribution in [0.15, 0.2) is 29.2 Å². The average molecular weight is 334 g/mol. The van der Waals surface area contributed by atoms with E-state index in [9.17, 15) is 8.42 Å².